The molecule has 22 heavy (non-hydrogen) atoms. The quantitative estimate of drug-likeness (QED) is 0.584. The van der Waals surface area contributed by atoms with Crippen LogP contribution in [0.5, 0.6) is 5.75 Å². The maximum Gasteiger partial charge on any atom is 0.331 e. The van der Waals surface area contributed by atoms with Crippen molar-refractivity contribution in [2.24, 2.45) is 0 Å². The smallest absolute Gasteiger partial charge is 0.331 e. The molecule has 0 spiro atoms. The third kappa shape index (κ3) is 4.70. The summed E-state index contributed by atoms with van der Waals surface area (Å²) in [7, 11) is 1.57. The lowest BCUT2D eigenvalue weighted by Gasteiger charge is -2.04. The van der Waals surface area contributed by atoms with Crippen molar-refractivity contribution in [3.8, 4) is 5.75 Å². The predicted molar refractivity (Wildman–Crippen MR) is 85.9 cm³/mol. The molecule has 0 radical (unpaired) electrons. The molecule has 2 aromatic carbocycles. The van der Waals surface area contributed by atoms with Gasteiger partial charge in [-0.1, -0.05) is 34.1 Å². The van der Waals surface area contributed by atoms with Gasteiger partial charge in [-0.05, 0) is 35.9 Å². The first-order chi connectivity index (χ1) is 10.6. The number of halogens is 2. The molecule has 0 heterocycles. The van der Waals surface area contributed by atoms with Gasteiger partial charge in [-0.3, -0.25) is 0 Å². The van der Waals surface area contributed by atoms with Crippen LogP contribution in [-0.4, -0.2) is 13.1 Å². The molecule has 0 bridgehead atoms. The van der Waals surface area contributed by atoms with E-state index in [1.807, 2.05) is 18.2 Å². The van der Waals surface area contributed by atoms with Gasteiger partial charge in [0.1, 0.15) is 18.2 Å². The van der Waals surface area contributed by atoms with E-state index in [1.54, 1.807) is 31.4 Å². The molecule has 0 aliphatic carbocycles. The van der Waals surface area contributed by atoms with E-state index in [0.717, 1.165) is 5.56 Å². The number of carbonyl (C=O) groups is 1. The lowest BCUT2D eigenvalue weighted by molar-refractivity contribution is -0.138. The number of methoxy groups -OCH3 is 1. The van der Waals surface area contributed by atoms with E-state index < -0.39 is 11.8 Å². The largest absolute Gasteiger partial charge is 0.497 e. The normalized spacial score (nSPS) is 10.7. The summed E-state index contributed by atoms with van der Waals surface area (Å²) in [6, 6.07) is 11.8. The lowest BCUT2D eigenvalue weighted by Crippen LogP contribution is -2.02. The van der Waals surface area contributed by atoms with Gasteiger partial charge >= 0.3 is 5.97 Å². The number of benzene rings is 2. The Hall–Kier alpha value is -2.14. The highest BCUT2D eigenvalue weighted by Gasteiger charge is 2.05. The van der Waals surface area contributed by atoms with Crippen molar-refractivity contribution < 1.29 is 18.7 Å². The van der Waals surface area contributed by atoms with Crippen LogP contribution in [0.1, 0.15) is 11.1 Å². The van der Waals surface area contributed by atoms with Crippen molar-refractivity contribution in [2.45, 2.75) is 6.61 Å². The van der Waals surface area contributed by atoms with Crippen molar-refractivity contribution in [3.05, 3.63) is 70.0 Å². The van der Waals surface area contributed by atoms with E-state index in [4.69, 9.17) is 9.47 Å². The van der Waals surface area contributed by atoms with Crippen LogP contribution in [0, 0.1) is 5.82 Å². The average Bonchev–Trinajstić information content (AvgIpc) is 2.52. The number of ether oxygens (including phenoxy) is 2. The van der Waals surface area contributed by atoms with Crippen LogP contribution >= 0.6 is 15.9 Å². The summed E-state index contributed by atoms with van der Waals surface area (Å²) in [6.07, 6.45) is 2.91. The molecule has 0 unspecified atom stereocenters. The van der Waals surface area contributed by atoms with Crippen molar-refractivity contribution in [2.75, 3.05) is 7.11 Å². The van der Waals surface area contributed by atoms with E-state index in [1.165, 1.54) is 12.1 Å². The monoisotopic (exact) mass is 364 g/mol. The highest BCUT2D eigenvalue weighted by Crippen LogP contribution is 2.16. The molecule has 0 aromatic heterocycles. The second-order valence-corrected chi connectivity index (χ2v) is 5.37. The van der Waals surface area contributed by atoms with E-state index in [2.05, 4.69) is 15.9 Å². The first-order valence-electron chi connectivity index (χ1n) is 6.51. The average molecular weight is 365 g/mol. The Morgan fingerprint density at radius 1 is 1.27 bits per heavy atom. The number of carbonyl (C=O) groups excluding carboxylic acids is 1. The van der Waals surface area contributed by atoms with Gasteiger partial charge in [-0.2, -0.15) is 0 Å². The van der Waals surface area contributed by atoms with E-state index in [9.17, 15) is 9.18 Å². The minimum absolute atomic E-state index is 0.111. The molecule has 3 nitrogen and oxygen atoms in total. The Morgan fingerprint density at radius 3 is 2.82 bits per heavy atom. The maximum absolute atomic E-state index is 13.6. The fraction of sp³-hybridized carbons (Fsp3) is 0.118. The minimum Gasteiger partial charge on any atom is -0.497 e. The summed E-state index contributed by atoms with van der Waals surface area (Å²) in [5, 5.41) is 0. The predicted octanol–water partition coefficient (Wildman–Crippen LogP) is 4.35. The Labute approximate surface area is 136 Å². The van der Waals surface area contributed by atoms with E-state index >= 15 is 0 Å². The molecule has 0 N–H and O–H groups in total. The first kappa shape index (κ1) is 16.2. The van der Waals surface area contributed by atoms with E-state index in [0.29, 0.717) is 15.8 Å². The van der Waals surface area contributed by atoms with Crippen molar-refractivity contribution in [3.63, 3.8) is 0 Å². The highest BCUT2D eigenvalue weighted by molar-refractivity contribution is 9.10. The van der Waals surface area contributed by atoms with Gasteiger partial charge in [-0.15, -0.1) is 0 Å². The second-order valence-electron chi connectivity index (χ2n) is 4.45. The zero-order valence-corrected chi connectivity index (χ0v) is 13.5. The topological polar surface area (TPSA) is 35.5 Å². The van der Waals surface area contributed by atoms with E-state index in [-0.39, 0.29) is 6.61 Å². The zero-order chi connectivity index (χ0) is 15.9. The van der Waals surface area contributed by atoms with Crippen LogP contribution in [0.25, 0.3) is 6.08 Å². The number of esters is 1. The maximum atomic E-state index is 13.6. The van der Waals surface area contributed by atoms with Crippen LogP contribution < -0.4 is 4.74 Å². The van der Waals surface area contributed by atoms with Crippen LogP contribution in [0.4, 0.5) is 4.39 Å². The van der Waals surface area contributed by atoms with Gasteiger partial charge in [0.2, 0.25) is 0 Å². The second kappa shape index (κ2) is 7.75. The van der Waals surface area contributed by atoms with Crippen LogP contribution in [0.3, 0.4) is 0 Å². The molecule has 114 valence electrons. The molecule has 0 atom stereocenters. The zero-order valence-electron chi connectivity index (χ0n) is 11.9. The van der Waals surface area contributed by atoms with Crippen LogP contribution in [0.2, 0.25) is 0 Å². The van der Waals surface area contributed by atoms with Gasteiger partial charge < -0.3 is 9.47 Å². The molecule has 0 aliphatic heterocycles. The summed E-state index contributed by atoms with van der Waals surface area (Å²) in [4.78, 5) is 11.7. The summed E-state index contributed by atoms with van der Waals surface area (Å²) >= 11 is 3.17. The third-order valence-corrected chi connectivity index (χ3v) is 3.38. The minimum atomic E-state index is -0.537. The Morgan fingerprint density at radius 2 is 2.09 bits per heavy atom. The fourth-order valence-corrected chi connectivity index (χ4v) is 2.08. The number of hydrogen-bond donors (Lipinski definition) is 0. The van der Waals surface area contributed by atoms with Gasteiger partial charge in [0.25, 0.3) is 0 Å². The van der Waals surface area contributed by atoms with Gasteiger partial charge in [0.05, 0.1) is 7.11 Å². The van der Waals surface area contributed by atoms with Crippen LogP contribution in [-0.2, 0) is 16.1 Å². The molecular weight excluding hydrogens is 351 g/mol. The summed E-state index contributed by atoms with van der Waals surface area (Å²) < 4.78 is 24.3. The fourth-order valence-electron chi connectivity index (χ4n) is 1.75. The lowest BCUT2D eigenvalue weighted by atomic mass is 10.2. The van der Waals surface area contributed by atoms with Gasteiger partial charge in [-0.25, -0.2) is 9.18 Å². The van der Waals surface area contributed by atoms with Crippen LogP contribution in [0.15, 0.2) is 53.0 Å². The Bertz CT molecular complexity index is 698. The summed E-state index contributed by atoms with van der Waals surface area (Å²) in [5.74, 6) is -0.253. The van der Waals surface area contributed by atoms with Crippen molar-refractivity contribution in [1.29, 1.82) is 0 Å². The molecule has 2 rings (SSSR count). The first-order valence-corrected chi connectivity index (χ1v) is 7.30. The number of rotatable bonds is 5. The molecular formula is C17H14BrFO3. The standard InChI is InChI=1S/C17H14BrFO3/c1-21-15-4-2-3-12(9-15)5-8-17(20)22-11-13-6-7-14(18)10-16(13)19/h2-10H,11H2,1H3/b8-5+. The van der Waals surface area contributed by atoms with Gasteiger partial charge in [0.15, 0.2) is 0 Å². The van der Waals surface area contributed by atoms with Crippen molar-refractivity contribution in [1.82, 2.24) is 0 Å². The number of hydrogen-bond acceptors (Lipinski definition) is 3. The van der Waals surface area contributed by atoms with Gasteiger partial charge in [0, 0.05) is 16.1 Å². The molecule has 0 amide bonds. The SMILES string of the molecule is COc1cccc(/C=C/C(=O)OCc2ccc(Br)cc2F)c1. The molecule has 0 fully saturated rings. The Balaban J connectivity index is 1.93. The van der Waals surface area contributed by atoms with Crippen molar-refractivity contribution >= 4 is 28.0 Å². The summed E-state index contributed by atoms with van der Waals surface area (Å²) in [6.45, 7) is -0.111. The summed E-state index contributed by atoms with van der Waals surface area (Å²) in [5.41, 5.74) is 1.14. The Kier molecular flexibility index (Phi) is 5.72. The molecule has 0 aliphatic rings. The third-order valence-electron chi connectivity index (χ3n) is 2.89. The highest BCUT2D eigenvalue weighted by atomic mass is 79.9. The molecule has 5 heteroatoms. The molecule has 0 saturated carbocycles. The molecule has 2 aromatic rings. The molecule has 0 saturated heterocycles.